The fourth-order valence-electron chi connectivity index (χ4n) is 6.30. The van der Waals surface area contributed by atoms with Crippen LogP contribution in [-0.4, -0.2) is 20.2 Å². The molecule has 0 aromatic heterocycles. The van der Waals surface area contributed by atoms with E-state index < -0.39 is 8.32 Å². The van der Waals surface area contributed by atoms with Crippen LogP contribution in [0.2, 0.25) is 5.04 Å². The molecule has 4 rings (SSSR count). The molecule has 2 fully saturated rings. The van der Waals surface area contributed by atoms with Crippen LogP contribution in [-0.2, 0) is 9.22 Å². The van der Waals surface area contributed by atoms with Gasteiger partial charge in [0.05, 0.1) is 0 Å². The second-order valence-corrected chi connectivity index (χ2v) is 15.3. The van der Waals surface area contributed by atoms with Gasteiger partial charge in [-0.15, -0.1) is 0 Å². The van der Waals surface area contributed by atoms with Gasteiger partial charge < -0.3 is 4.43 Å². The Hall–Kier alpha value is -1.97. The lowest BCUT2D eigenvalue weighted by Crippen LogP contribution is -2.68. The van der Waals surface area contributed by atoms with Crippen molar-refractivity contribution in [2.24, 2.45) is 17.8 Å². The highest BCUT2D eigenvalue weighted by molar-refractivity contribution is 6.99. The van der Waals surface area contributed by atoms with Crippen molar-refractivity contribution in [2.45, 2.75) is 71.4 Å². The van der Waals surface area contributed by atoms with Crippen LogP contribution in [0.3, 0.4) is 0 Å². The van der Waals surface area contributed by atoms with E-state index >= 15 is 0 Å². The number of hydrogen-bond donors (Lipinski definition) is 0. The van der Waals surface area contributed by atoms with Gasteiger partial charge in [0.25, 0.3) is 8.32 Å². The summed E-state index contributed by atoms with van der Waals surface area (Å²) in [5.41, 5.74) is 1.32. The van der Waals surface area contributed by atoms with Gasteiger partial charge >= 0.3 is 0 Å². The van der Waals surface area contributed by atoms with Crippen LogP contribution in [0.25, 0.3) is 0 Å². The van der Waals surface area contributed by atoms with E-state index in [4.69, 9.17) is 4.43 Å². The third-order valence-corrected chi connectivity index (χ3v) is 12.6. The molecule has 0 radical (unpaired) electrons. The maximum Gasteiger partial charge on any atom is 0.261 e. The van der Waals surface area contributed by atoms with E-state index in [0.717, 1.165) is 19.3 Å². The van der Waals surface area contributed by atoms with Crippen LogP contribution in [0.15, 0.2) is 72.3 Å². The van der Waals surface area contributed by atoms with Crippen LogP contribution >= 0.6 is 0 Å². The standard InChI is InChI=1S/C29H38O2Si/c1-21(2)20-22-16-17-25-27(19-18-26(30)28(22)25)31-32(29(3,4)5,23-12-8-6-9-13-23)24-14-10-7-11-15-24/h6-15,20,22,25,27-28H,16-19H2,1-5H3/t22-,25+,27-,28+/m0/s1. The molecule has 0 spiro atoms. The fraction of sp³-hybridized carbons (Fsp3) is 0.483. The smallest absolute Gasteiger partial charge is 0.261 e. The van der Waals surface area contributed by atoms with Gasteiger partial charge in [0.15, 0.2) is 0 Å². The molecule has 3 heteroatoms. The molecule has 0 bridgehead atoms. The Morgan fingerprint density at radius 2 is 1.47 bits per heavy atom. The molecule has 2 nitrogen and oxygen atoms in total. The zero-order chi connectivity index (χ0) is 22.9. The average Bonchev–Trinajstić information content (AvgIpc) is 3.18. The van der Waals surface area contributed by atoms with Crippen molar-refractivity contribution in [3.63, 3.8) is 0 Å². The van der Waals surface area contributed by atoms with Crippen molar-refractivity contribution in [2.75, 3.05) is 0 Å². The van der Waals surface area contributed by atoms with Crippen LogP contribution in [0.4, 0.5) is 0 Å². The predicted molar refractivity (Wildman–Crippen MR) is 136 cm³/mol. The number of Topliss-reactive ketones (excluding diaryl/α,β-unsaturated/α-hetero) is 1. The Kier molecular flexibility index (Phi) is 6.60. The summed E-state index contributed by atoms with van der Waals surface area (Å²) in [6, 6.07) is 21.8. The lowest BCUT2D eigenvalue weighted by Gasteiger charge is -2.48. The van der Waals surface area contributed by atoms with Crippen molar-refractivity contribution in [3.8, 4) is 0 Å². The Morgan fingerprint density at radius 3 is 1.97 bits per heavy atom. The second-order valence-electron chi connectivity index (χ2n) is 11.0. The molecule has 2 aromatic rings. The molecule has 0 N–H and O–H groups in total. The predicted octanol–water partition coefficient (Wildman–Crippen LogP) is 5.90. The molecule has 0 amide bonds. The summed E-state index contributed by atoms with van der Waals surface area (Å²) < 4.78 is 7.50. The lowest BCUT2D eigenvalue weighted by atomic mass is 9.75. The molecule has 170 valence electrons. The lowest BCUT2D eigenvalue weighted by molar-refractivity contribution is -0.130. The first-order valence-corrected chi connectivity index (χ1v) is 14.1. The molecule has 0 unspecified atom stereocenters. The Morgan fingerprint density at radius 1 is 0.906 bits per heavy atom. The minimum atomic E-state index is -2.60. The first-order chi connectivity index (χ1) is 15.2. The zero-order valence-electron chi connectivity index (χ0n) is 20.3. The van der Waals surface area contributed by atoms with Crippen LogP contribution < -0.4 is 10.4 Å². The number of carbonyl (C=O) groups is 1. The number of carbonyl (C=O) groups excluding carboxylic acids is 1. The third kappa shape index (κ3) is 4.17. The molecular formula is C29H38O2Si. The van der Waals surface area contributed by atoms with Crippen molar-refractivity contribution in [1.82, 2.24) is 0 Å². The number of hydrogen-bond acceptors (Lipinski definition) is 2. The summed E-state index contributed by atoms with van der Waals surface area (Å²) in [4.78, 5) is 13.0. The molecule has 2 aromatic carbocycles. The summed E-state index contributed by atoms with van der Waals surface area (Å²) in [6.07, 6.45) is 6.18. The molecule has 0 aliphatic heterocycles. The zero-order valence-corrected chi connectivity index (χ0v) is 21.3. The van der Waals surface area contributed by atoms with E-state index in [1.807, 2.05) is 0 Å². The number of ketones is 1. The number of fused-ring (bicyclic) bond motifs is 1. The highest BCUT2D eigenvalue weighted by Crippen LogP contribution is 2.48. The van der Waals surface area contributed by atoms with E-state index in [1.165, 1.54) is 15.9 Å². The average molecular weight is 447 g/mol. The topological polar surface area (TPSA) is 26.3 Å². The fourth-order valence-corrected chi connectivity index (χ4v) is 11.1. The molecular weight excluding hydrogens is 408 g/mol. The monoisotopic (exact) mass is 446 g/mol. The van der Waals surface area contributed by atoms with Gasteiger partial charge in [0, 0.05) is 18.4 Å². The van der Waals surface area contributed by atoms with Crippen molar-refractivity contribution in [3.05, 3.63) is 72.3 Å². The van der Waals surface area contributed by atoms with Crippen molar-refractivity contribution < 1.29 is 9.22 Å². The highest BCUT2D eigenvalue weighted by atomic mass is 28.4. The summed E-state index contributed by atoms with van der Waals surface area (Å²) in [7, 11) is -2.60. The molecule has 2 aliphatic rings. The van der Waals surface area contributed by atoms with E-state index in [1.54, 1.807) is 0 Å². The molecule has 32 heavy (non-hydrogen) atoms. The molecule has 4 atom stereocenters. The summed E-state index contributed by atoms with van der Waals surface area (Å²) in [6.45, 7) is 11.3. The van der Waals surface area contributed by atoms with Crippen molar-refractivity contribution in [1.29, 1.82) is 0 Å². The van der Waals surface area contributed by atoms with Gasteiger partial charge in [0.1, 0.15) is 5.78 Å². The Bertz CT molecular complexity index is 914. The van der Waals surface area contributed by atoms with Gasteiger partial charge in [-0.25, -0.2) is 0 Å². The van der Waals surface area contributed by atoms with E-state index in [2.05, 4.69) is 101 Å². The first-order valence-electron chi connectivity index (χ1n) is 12.2. The van der Waals surface area contributed by atoms with Gasteiger partial charge in [-0.3, -0.25) is 4.79 Å². The highest BCUT2D eigenvalue weighted by Gasteiger charge is 2.55. The van der Waals surface area contributed by atoms with Gasteiger partial charge in [0.2, 0.25) is 0 Å². The third-order valence-electron chi connectivity index (χ3n) is 7.57. The minimum absolute atomic E-state index is 0.0371. The van der Waals surface area contributed by atoms with Gasteiger partial charge in [-0.2, -0.15) is 0 Å². The maximum absolute atomic E-state index is 13.0. The molecule has 0 saturated heterocycles. The number of allylic oxidation sites excluding steroid dienone is 2. The van der Waals surface area contributed by atoms with Crippen LogP contribution in [0, 0.1) is 17.8 Å². The second kappa shape index (κ2) is 9.11. The first kappa shape index (κ1) is 23.2. The molecule has 2 aliphatic carbocycles. The van der Waals surface area contributed by atoms with E-state index in [-0.39, 0.29) is 17.1 Å². The SMILES string of the molecule is CC(C)=C[C@@H]1CC[C@H]2[C@@H]1C(=O)CC[C@@H]2O[Si](c1ccccc1)(c1ccccc1)C(C)(C)C. The molecule has 0 heterocycles. The van der Waals surface area contributed by atoms with Gasteiger partial charge in [-0.1, -0.05) is 93.1 Å². The summed E-state index contributed by atoms with van der Waals surface area (Å²) >= 11 is 0. The molecule has 2 saturated carbocycles. The largest absolute Gasteiger partial charge is 0.404 e. The summed E-state index contributed by atoms with van der Waals surface area (Å²) in [5.74, 6) is 1.29. The minimum Gasteiger partial charge on any atom is -0.404 e. The number of rotatable bonds is 5. The quantitative estimate of drug-likeness (QED) is 0.422. The summed E-state index contributed by atoms with van der Waals surface area (Å²) in [5, 5.41) is 2.61. The Labute approximate surface area is 195 Å². The number of benzene rings is 2. The van der Waals surface area contributed by atoms with E-state index in [9.17, 15) is 4.79 Å². The van der Waals surface area contributed by atoms with E-state index in [0.29, 0.717) is 24.0 Å². The maximum atomic E-state index is 13.0. The van der Waals surface area contributed by atoms with Gasteiger partial charge in [-0.05, 0) is 60.4 Å². The van der Waals surface area contributed by atoms with Crippen molar-refractivity contribution >= 4 is 24.5 Å². The van der Waals surface area contributed by atoms with Crippen LogP contribution in [0.1, 0.15) is 60.3 Å². The van der Waals surface area contributed by atoms with Crippen LogP contribution in [0.5, 0.6) is 0 Å². The normalized spacial score (nSPS) is 26.0. The Balaban J connectivity index is 1.79.